The van der Waals surface area contributed by atoms with Crippen LogP contribution in [0, 0.1) is 6.92 Å². The van der Waals surface area contributed by atoms with Crippen molar-refractivity contribution in [3.8, 4) is 0 Å². The van der Waals surface area contributed by atoms with E-state index in [9.17, 15) is 4.79 Å². The number of hydrogen-bond donors (Lipinski definition) is 1. The first-order chi connectivity index (χ1) is 14.0. The lowest BCUT2D eigenvalue weighted by molar-refractivity contribution is 0.102. The molecule has 0 aliphatic rings. The largest absolute Gasteiger partial charge is 0.358 e. The van der Waals surface area contributed by atoms with Crippen LogP contribution in [0.2, 0.25) is 0 Å². The highest BCUT2D eigenvalue weighted by atomic mass is 16.1. The van der Waals surface area contributed by atoms with Crippen molar-refractivity contribution in [3.63, 3.8) is 0 Å². The second-order valence-corrected chi connectivity index (χ2v) is 7.43. The maximum atomic E-state index is 12.7. The average molecular weight is 390 g/mol. The Labute approximate surface area is 172 Å². The summed E-state index contributed by atoms with van der Waals surface area (Å²) in [6.45, 7) is 7.01. The van der Waals surface area contributed by atoms with Crippen molar-refractivity contribution >= 4 is 17.4 Å². The third-order valence-corrected chi connectivity index (χ3v) is 4.91. The molecule has 3 aromatic rings. The molecule has 0 saturated carbocycles. The molecule has 0 saturated heterocycles. The van der Waals surface area contributed by atoms with Crippen molar-refractivity contribution in [1.29, 1.82) is 0 Å². The Hall–Kier alpha value is -3.28. The second kappa shape index (κ2) is 9.28. The van der Waals surface area contributed by atoms with Crippen LogP contribution < -0.4 is 10.2 Å². The number of anilines is 2. The first kappa shape index (κ1) is 20.5. The van der Waals surface area contributed by atoms with Gasteiger partial charge >= 0.3 is 0 Å². The number of hydrogen-bond acceptors (Lipinski definition) is 5. The molecule has 0 aliphatic carbocycles. The lowest BCUT2D eigenvalue weighted by atomic mass is 9.98. The van der Waals surface area contributed by atoms with Gasteiger partial charge in [0, 0.05) is 31.7 Å². The fourth-order valence-corrected chi connectivity index (χ4v) is 3.12. The van der Waals surface area contributed by atoms with E-state index in [-0.39, 0.29) is 5.91 Å². The second-order valence-electron chi connectivity index (χ2n) is 7.43. The van der Waals surface area contributed by atoms with E-state index in [1.165, 1.54) is 11.8 Å². The maximum absolute atomic E-state index is 12.7. The van der Waals surface area contributed by atoms with E-state index >= 15 is 0 Å². The normalized spacial score (nSPS) is 10.8. The zero-order valence-corrected chi connectivity index (χ0v) is 17.4. The van der Waals surface area contributed by atoms with E-state index in [4.69, 9.17) is 0 Å². The first-order valence-electron chi connectivity index (χ1n) is 9.78. The number of amides is 1. The third kappa shape index (κ3) is 5.16. The van der Waals surface area contributed by atoms with Crippen molar-refractivity contribution in [2.75, 3.05) is 23.8 Å². The summed E-state index contributed by atoms with van der Waals surface area (Å²) in [4.78, 5) is 27.5. The Morgan fingerprint density at radius 2 is 1.86 bits per heavy atom. The highest BCUT2D eigenvalue weighted by molar-refractivity contribution is 6.03. The molecule has 6 heteroatoms. The van der Waals surface area contributed by atoms with Crippen LogP contribution in [0.15, 0.2) is 55.1 Å². The van der Waals surface area contributed by atoms with Crippen molar-refractivity contribution in [3.05, 3.63) is 77.5 Å². The smallest absolute Gasteiger partial charge is 0.275 e. The summed E-state index contributed by atoms with van der Waals surface area (Å²) in [5.41, 5.74) is 4.51. The van der Waals surface area contributed by atoms with Crippen LogP contribution in [0.1, 0.15) is 46.9 Å². The molecule has 0 fully saturated rings. The molecule has 0 unspecified atom stereocenters. The van der Waals surface area contributed by atoms with Gasteiger partial charge in [-0.3, -0.25) is 9.78 Å². The van der Waals surface area contributed by atoms with E-state index < -0.39 is 0 Å². The molecule has 6 nitrogen and oxygen atoms in total. The van der Waals surface area contributed by atoms with Gasteiger partial charge in [-0.25, -0.2) is 9.97 Å². The number of rotatable bonds is 7. The summed E-state index contributed by atoms with van der Waals surface area (Å²) in [5, 5.41) is 3.01. The fraction of sp³-hybridized carbons (Fsp3) is 0.304. The van der Waals surface area contributed by atoms with Gasteiger partial charge in [-0.1, -0.05) is 32.0 Å². The van der Waals surface area contributed by atoms with Crippen LogP contribution in [0.25, 0.3) is 0 Å². The molecule has 0 bridgehead atoms. The van der Waals surface area contributed by atoms with Crippen molar-refractivity contribution in [2.24, 2.45) is 0 Å². The maximum Gasteiger partial charge on any atom is 0.275 e. The fourth-order valence-electron chi connectivity index (χ4n) is 3.12. The van der Waals surface area contributed by atoms with E-state index in [2.05, 4.69) is 34.1 Å². The number of pyridine rings is 1. The van der Waals surface area contributed by atoms with Gasteiger partial charge in [-0.05, 0) is 48.1 Å². The molecule has 1 N–H and O–H groups in total. The number of aromatic nitrogens is 3. The van der Waals surface area contributed by atoms with Crippen LogP contribution in [0.5, 0.6) is 0 Å². The number of para-hydroxylation sites is 1. The summed E-state index contributed by atoms with van der Waals surface area (Å²) in [6, 6.07) is 10.1. The van der Waals surface area contributed by atoms with Gasteiger partial charge < -0.3 is 10.2 Å². The van der Waals surface area contributed by atoms with Gasteiger partial charge in [0.15, 0.2) is 0 Å². The number of nitrogens with zero attached hydrogens (tertiary/aromatic N) is 4. The van der Waals surface area contributed by atoms with Crippen molar-refractivity contribution in [2.45, 2.75) is 33.1 Å². The highest BCUT2D eigenvalue weighted by Crippen LogP contribution is 2.27. The number of carbonyl (C=O) groups excluding carboxylic acids is 1. The lowest BCUT2D eigenvalue weighted by Crippen LogP contribution is -2.22. The minimum atomic E-state index is -0.250. The minimum absolute atomic E-state index is 0.250. The molecule has 1 aromatic carbocycles. The lowest BCUT2D eigenvalue weighted by Gasteiger charge is -2.18. The van der Waals surface area contributed by atoms with Crippen LogP contribution in [-0.2, 0) is 6.42 Å². The van der Waals surface area contributed by atoms with Crippen molar-refractivity contribution in [1.82, 2.24) is 15.0 Å². The quantitative estimate of drug-likeness (QED) is 0.655. The SMILES string of the molecule is Cc1cccc(C(C)C)c1NC(=O)c1cnc(N(C)CCc2ccncc2)cn1. The monoisotopic (exact) mass is 389 g/mol. The Kier molecular flexibility index (Phi) is 6.54. The van der Waals surface area contributed by atoms with Crippen LogP contribution >= 0.6 is 0 Å². The molecule has 150 valence electrons. The molecular formula is C23H27N5O. The van der Waals surface area contributed by atoms with E-state index in [1.807, 2.05) is 49.2 Å². The van der Waals surface area contributed by atoms with Gasteiger partial charge in [0.2, 0.25) is 0 Å². The van der Waals surface area contributed by atoms with Crippen molar-refractivity contribution < 1.29 is 4.79 Å². The molecule has 0 atom stereocenters. The molecule has 0 aliphatic heterocycles. The van der Waals surface area contributed by atoms with E-state index in [0.29, 0.717) is 11.6 Å². The Bertz CT molecular complexity index is 955. The number of aryl methyl sites for hydroxylation is 1. The van der Waals surface area contributed by atoms with Crippen LogP contribution in [0.4, 0.5) is 11.5 Å². The summed E-state index contributed by atoms with van der Waals surface area (Å²) in [5.74, 6) is 0.793. The average Bonchev–Trinajstić information content (AvgIpc) is 2.74. The van der Waals surface area contributed by atoms with Crippen LogP contribution in [-0.4, -0.2) is 34.5 Å². The summed E-state index contributed by atoms with van der Waals surface area (Å²) in [6.07, 6.45) is 7.64. The predicted octanol–water partition coefficient (Wildman–Crippen LogP) is 4.23. The predicted molar refractivity (Wildman–Crippen MR) is 116 cm³/mol. The zero-order chi connectivity index (χ0) is 20.8. The van der Waals surface area contributed by atoms with Gasteiger partial charge in [0.25, 0.3) is 5.91 Å². The van der Waals surface area contributed by atoms with Gasteiger partial charge in [0.05, 0.1) is 12.4 Å². The molecular weight excluding hydrogens is 362 g/mol. The molecule has 3 rings (SSSR count). The molecule has 2 aromatic heterocycles. The molecule has 2 heterocycles. The standard InChI is InChI=1S/C23H27N5O/c1-16(2)19-7-5-6-17(3)22(19)27-23(29)20-14-26-21(15-25-20)28(4)13-10-18-8-11-24-12-9-18/h5-9,11-12,14-16H,10,13H2,1-4H3,(H,27,29). The van der Waals surface area contributed by atoms with Gasteiger partial charge in [-0.15, -0.1) is 0 Å². The number of nitrogens with one attached hydrogen (secondary N) is 1. The van der Waals surface area contributed by atoms with Gasteiger partial charge in [-0.2, -0.15) is 0 Å². The Morgan fingerprint density at radius 3 is 2.52 bits per heavy atom. The number of benzene rings is 1. The molecule has 0 spiro atoms. The molecule has 1 amide bonds. The van der Waals surface area contributed by atoms with E-state index in [1.54, 1.807) is 18.6 Å². The summed E-state index contributed by atoms with van der Waals surface area (Å²) < 4.78 is 0. The third-order valence-electron chi connectivity index (χ3n) is 4.91. The molecule has 29 heavy (non-hydrogen) atoms. The first-order valence-corrected chi connectivity index (χ1v) is 9.78. The highest BCUT2D eigenvalue weighted by Gasteiger charge is 2.15. The Morgan fingerprint density at radius 1 is 1.10 bits per heavy atom. The topological polar surface area (TPSA) is 71.0 Å². The van der Waals surface area contributed by atoms with Crippen LogP contribution in [0.3, 0.4) is 0 Å². The van der Waals surface area contributed by atoms with Gasteiger partial charge in [0.1, 0.15) is 11.5 Å². The summed E-state index contributed by atoms with van der Waals surface area (Å²) in [7, 11) is 1.97. The Balaban J connectivity index is 1.66. The molecule has 0 radical (unpaired) electrons. The zero-order valence-electron chi connectivity index (χ0n) is 17.4. The number of likely N-dealkylation sites (N-methyl/N-ethyl adjacent to an activating group) is 1. The van der Waals surface area contributed by atoms with E-state index in [0.717, 1.165) is 35.6 Å². The number of carbonyl (C=O) groups is 1. The minimum Gasteiger partial charge on any atom is -0.358 e. The summed E-state index contributed by atoms with van der Waals surface area (Å²) >= 11 is 0.